The van der Waals surface area contributed by atoms with Crippen molar-refractivity contribution in [3.05, 3.63) is 42.7 Å². The number of carbonyl (C=O) groups is 1. The van der Waals surface area contributed by atoms with Crippen molar-refractivity contribution in [1.82, 2.24) is 29.7 Å². The van der Waals surface area contributed by atoms with Gasteiger partial charge in [-0.15, -0.1) is 0 Å². The first-order valence-corrected chi connectivity index (χ1v) is 16.6. The van der Waals surface area contributed by atoms with Gasteiger partial charge in [0.15, 0.2) is 0 Å². The van der Waals surface area contributed by atoms with Crippen LogP contribution in [-0.2, 0) is 19.6 Å². The fraction of sp³-hybridized carbons (Fsp3) is 0.581. The Labute approximate surface area is 255 Å². The van der Waals surface area contributed by atoms with Gasteiger partial charge in [0, 0.05) is 29.6 Å². The highest BCUT2D eigenvalue weighted by Gasteiger charge is 2.35. The fourth-order valence-corrected chi connectivity index (χ4v) is 5.80. The first-order valence-electron chi connectivity index (χ1n) is 15.0. The number of ether oxygens (including phenoxy) is 2. The summed E-state index contributed by atoms with van der Waals surface area (Å²) in [5, 5.41) is 9.13. The molecule has 0 amide bonds. The number of sulfonamides is 1. The minimum Gasteiger partial charge on any atom is -0.467 e. The van der Waals surface area contributed by atoms with E-state index in [1.54, 1.807) is 24.3 Å². The molecule has 0 aliphatic heterocycles. The molecular formula is C31H46N6O5S. The van der Waals surface area contributed by atoms with Crippen molar-refractivity contribution in [3.8, 4) is 28.5 Å². The zero-order chi connectivity index (χ0) is 31.6. The summed E-state index contributed by atoms with van der Waals surface area (Å²) in [7, 11) is -1.40. The number of carbonyl (C=O) groups excluding carboxylic acids is 1. The summed E-state index contributed by atoms with van der Waals surface area (Å²) in [4.78, 5) is 21.1. The summed E-state index contributed by atoms with van der Waals surface area (Å²) < 4.78 is 35.0. The van der Waals surface area contributed by atoms with Gasteiger partial charge in [0.2, 0.25) is 10.0 Å². The van der Waals surface area contributed by atoms with Crippen LogP contribution in [0.5, 0.6) is 6.01 Å². The van der Waals surface area contributed by atoms with E-state index >= 15 is 0 Å². The Balaban J connectivity index is 0.000000201. The van der Waals surface area contributed by atoms with E-state index in [1.165, 1.54) is 12.8 Å². The lowest BCUT2D eigenvalue weighted by Crippen LogP contribution is -2.32. The summed E-state index contributed by atoms with van der Waals surface area (Å²) in [5.41, 5.74) is 3.41. The molecule has 0 saturated heterocycles. The molecular weight excluding hydrogens is 568 g/mol. The van der Waals surface area contributed by atoms with Crippen LogP contribution in [0, 0.1) is 5.92 Å². The molecule has 0 bridgehead atoms. The minimum absolute atomic E-state index is 0.0237. The van der Waals surface area contributed by atoms with E-state index in [9.17, 15) is 13.2 Å². The number of nitrogens with one attached hydrogen (secondary N) is 1. The molecule has 43 heavy (non-hydrogen) atoms. The zero-order valence-electron chi connectivity index (χ0n) is 26.4. The molecule has 12 heteroatoms. The van der Waals surface area contributed by atoms with Gasteiger partial charge in [-0.2, -0.15) is 15.0 Å². The van der Waals surface area contributed by atoms with Crippen molar-refractivity contribution in [2.45, 2.75) is 104 Å². The summed E-state index contributed by atoms with van der Waals surface area (Å²) >= 11 is 0. The Morgan fingerprint density at radius 1 is 0.884 bits per heavy atom. The second-order valence-corrected chi connectivity index (χ2v) is 13.6. The van der Waals surface area contributed by atoms with Crippen LogP contribution in [0.25, 0.3) is 22.5 Å². The molecule has 0 atom stereocenters. The Morgan fingerprint density at radius 3 is 1.91 bits per heavy atom. The van der Waals surface area contributed by atoms with Crippen LogP contribution in [0.2, 0.25) is 0 Å². The molecule has 2 fully saturated rings. The summed E-state index contributed by atoms with van der Waals surface area (Å²) in [6.45, 7) is 11.5. The van der Waals surface area contributed by atoms with Gasteiger partial charge in [0.1, 0.15) is 17.5 Å². The van der Waals surface area contributed by atoms with Gasteiger partial charge in [-0.3, -0.25) is 4.79 Å². The molecule has 1 aromatic carbocycles. The lowest BCUT2D eigenvalue weighted by molar-refractivity contribution is -0.152. The van der Waals surface area contributed by atoms with Gasteiger partial charge >= 0.3 is 12.0 Å². The monoisotopic (exact) mass is 614 g/mol. The Hall–Kier alpha value is -3.38. The first-order chi connectivity index (χ1) is 20.4. The van der Waals surface area contributed by atoms with E-state index in [0.717, 1.165) is 48.2 Å². The number of nitrogens with zero attached hydrogens (tertiary/aromatic N) is 5. The molecule has 2 aromatic heterocycles. The molecule has 236 valence electrons. The highest BCUT2D eigenvalue weighted by molar-refractivity contribution is 7.90. The van der Waals surface area contributed by atoms with Crippen LogP contribution in [-0.4, -0.2) is 63.9 Å². The van der Waals surface area contributed by atoms with E-state index in [1.807, 2.05) is 71.9 Å². The molecule has 0 radical (unpaired) electrons. The van der Waals surface area contributed by atoms with Gasteiger partial charge < -0.3 is 9.47 Å². The maximum atomic E-state index is 11.1. The van der Waals surface area contributed by atoms with Gasteiger partial charge in [-0.1, -0.05) is 44.2 Å². The molecule has 2 saturated carbocycles. The molecule has 2 aliphatic carbocycles. The molecule has 2 heterocycles. The Kier molecular flexibility index (Phi) is 12.6. The first kappa shape index (κ1) is 34.1. The number of hydrogen-bond acceptors (Lipinski definition) is 9. The summed E-state index contributed by atoms with van der Waals surface area (Å²) in [6, 6.07) is 10.5. The maximum Gasteiger partial charge on any atom is 0.316 e. The van der Waals surface area contributed by atoms with Crippen molar-refractivity contribution < 1.29 is 22.7 Å². The molecule has 5 rings (SSSR count). The average molecular weight is 615 g/mol. The van der Waals surface area contributed by atoms with Crippen LogP contribution in [0.4, 0.5) is 0 Å². The van der Waals surface area contributed by atoms with Crippen molar-refractivity contribution in [1.29, 1.82) is 0 Å². The zero-order valence-corrected chi connectivity index (χ0v) is 27.2. The van der Waals surface area contributed by atoms with Crippen LogP contribution in [0.3, 0.4) is 0 Å². The van der Waals surface area contributed by atoms with Crippen LogP contribution >= 0.6 is 0 Å². The molecule has 2 aliphatic rings. The fourth-order valence-electron chi connectivity index (χ4n) is 4.19. The predicted octanol–water partition coefficient (Wildman–Crippen LogP) is 5.60. The maximum absolute atomic E-state index is 11.1. The van der Waals surface area contributed by atoms with Crippen molar-refractivity contribution in [2.75, 3.05) is 7.11 Å². The van der Waals surface area contributed by atoms with Gasteiger partial charge in [-0.25, -0.2) is 23.1 Å². The number of esters is 1. The van der Waals surface area contributed by atoms with Crippen LogP contribution in [0.15, 0.2) is 42.7 Å². The Morgan fingerprint density at radius 2 is 1.44 bits per heavy atom. The third kappa shape index (κ3) is 10.7. The third-order valence-electron chi connectivity index (χ3n) is 6.64. The highest BCUT2D eigenvalue weighted by atomic mass is 32.2. The number of rotatable bonds is 9. The van der Waals surface area contributed by atoms with Crippen molar-refractivity contribution in [3.63, 3.8) is 0 Å². The summed E-state index contributed by atoms with van der Waals surface area (Å²) in [5.74, 6) is -0.0208. The molecule has 3 aromatic rings. The van der Waals surface area contributed by atoms with E-state index in [2.05, 4.69) is 24.9 Å². The predicted molar refractivity (Wildman–Crippen MR) is 167 cm³/mol. The average Bonchev–Trinajstić information content (AvgIpc) is 3.55. The second kappa shape index (κ2) is 15.9. The van der Waals surface area contributed by atoms with E-state index in [0.29, 0.717) is 6.01 Å². The van der Waals surface area contributed by atoms with E-state index in [4.69, 9.17) is 9.47 Å². The van der Waals surface area contributed by atoms with Gasteiger partial charge in [0.25, 0.3) is 0 Å². The molecule has 1 N–H and O–H groups in total. The quantitative estimate of drug-likeness (QED) is 0.305. The normalized spacial score (nSPS) is 15.1. The SMILES string of the molecule is CC(C)C(=O)OC1CCCC1.CC(C)NS(=O)(=O)C1CC1.COc1ncc(-c2nn(C(C)C)nc2-c2ccccc2)cn1. The molecule has 0 spiro atoms. The summed E-state index contributed by atoms with van der Waals surface area (Å²) in [6.07, 6.45) is 9.87. The third-order valence-corrected chi connectivity index (χ3v) is 8.79. The number of benzene rings is 1. The smallest absolute Gasteiger partial charge is 0.316 e. The van der Waals surface area contributed by atoms with E-state index in [-0.39, 0.29) is 35.3 Å². The molecule has 0 unspecified atom stereocenters. The topological polar surface area (TPSA) is 138 Å². The van der Waals surface area contributed by atoms with Crippen LogP contribution < -0.4 is 9.46 Å². The minimum atomic E-state index is -2.94. The number of aromatic nitrogens is 5. The number of hydrogen-bond donors (Lipinski definition) is 1. The lowest BCUT2D eigenvalue weighted by atomic mass is 10.1. The van der Waals surface area contributed by atoms with Gasteiger partial charge in [-0.05, 0) is 66.2 Å². The largest absolute Gasteiger partial charge is 0.467 e. The Bertz CT molecular complexity index is 1380. The van der Waals surface area contributed by atoms with Crippen molar-refractivity contribution >= 4 is 16.0 Å². The lowest BCUT2D eigenvalue weighted by Gasteiger charge is -2.12. The van der Waals surface area contributed by atoms with Gasteiger partial charge in [0.05, 0.1) is 24.3 Å². The highest BCUT2D eigenvalue weighted by Crippen LogP contribution is 2.29. The second-order valence-electron chi connectivity index (χ2n) is 11.7. The van der Waals surface area contributed by atoms with E-state index < -0.39 is 10.0 Å². The number of methoxy groups -OCH3 is 1. The standard InChI is InChI=1S/C16H17N5O.C9H16O2.C6H13NO2S/c1-11(2)21-19-14(12-7-5-4-6-8-12)15(20-21)13-9-17-16(22-3)18-10-13;1-7(2)9(10)11-8-5-3-4-6-8;1-5(2)7-10(8,9)6-3-4-6/h4-11H,1-3H3;7-8H,3-6H2,1-2H3;5-7H,3-4H2,1-2H3. The van der Waals surface area contributed by atoms with Crippen LogP contribution in [0.1, 0.15) is 86.1 Å². The molecule has 11 nitrogen and oxygen atoms in total. The van der Waals surface area contributed by atoms with Crippen molar-refractivity contribution in [2.24, 2.45) is 5.92 Å².